The zero-order valence-corrected chi connectivity index (χ0v) is 14.6. The number of ketones is 2. The van der Waals surface area contributed by atoms with E-state index in [-0.39, 0.29) is 22.5 Å². The summed E-state index contributed by atoms with van der Waals surface area (Å²) in [6.07, 6.45) is 1.98. The fraction of sp³-hybridized carbons (Fsp3) is 0.263. The summed E-state index contributed by atoms with van der Waals surface area (Å²) in [6, 6.07) is 16.8. The molecule has 120 valence electrons. The minimum Gasteiger partial charge on any atom is -0.378 e. The molecule has 0 fully saturated rings. The number of rotatable bonds is 7. The molecule has 0 saturated carbocycles. The summed E-state index contributed by atoms with van der Waals surface area (Å²) < 4.78 is 0. The average Bonchev–Trinajstić information content (AvgIpc) is 2.55. The Morgan fingerprint density at radius 2 is 1.30 bits per heavy atom. The molecule has 0 spiro atoms. The van der Waals surface area contributed by atoms with Gasteiger partial charge in [-0.05, 0) is 24.3 Å². The van der Waals surface area contributed by atoms with Crippen LogP contribution in [0.15, 0.2) is 54.6 Å². The number of anilines is 1. The molecule has 0 amide bonds. The van der Waals surface area contributed by atoms with Gasteiger partial charge in [-0.15, -0.1) is 0 Å². The molecule has 0 aliphatic rings. The highest BCUT2D eigenvalue weighted by molar-refractivity contribution is 7.97. The lowest BCUT2D eigenvalue weighted by molar-refractivity contribution is 0.102. The van der Waals surface area contributed by atoms with Crippen molar-refractivity contribution in [1.82, 2.24) is 0 Å². The standard InChI is InChI=1S/C19H22NO2S/c1-20(2)17-11-9-16(10-12-17)19(22)14-23(3)13-18(21)15-7-5-4-6-8-15/h4-12H,13-14H2,1-3H3/q+1. The zero-order chi connectivity index (χ0) is 16.8. The first-order valence-corrected chi connectivity index (χ1v) is 9.42. The Balaban J connectivity index is 1.93. The van der Waals surface area contributed by atoms with Gasteiger partial charge in [0.25, 0.3) is 0 Å². The molecular weight excluding hydrogens is 306 g/mol. The van der Waals surface area contributed by atoms with Crippen LogP contribution in [0.25, 0.3) is 0 Å². The van der Waals surface area contributed by atoms with E-state index < -0.39 is 0 Å². The van der Waals surface area contributed by atoms with Crippen molar-refractivity contribution < 1.29 is 9.59 Å². The van der Waals surface area contributed by atoms with Crippen molar-refractivity contribution in [3.63, 3.8) is 0 Å². The van der Waals surface area contributed by atoms with Gasteiger partial charge in [-0.3, -0.25) is 9.59 Å². The molecule has 1 unspecified atom stereocenters. The first-order chi connectivity index (χ1) is 11.0. The monoisotopic (exact) mass is 328 g/mol. The zero-order valence-electron chi connectivity index (χ0n) is 13.8. The van der Waals surface area contributed by atoms with Gasteiger partial charge in [0.15, 0.2) is 11.5 Å². The SMILES string of the molecule is CN(C)c1ccc(C(=O)C[S+](C)CC(=O)c2ccccc2)cc1. The molecule has 0 N–H and O–H groups in total. The van der Waals surface area contributed by atoms with Gasteiger partial charge in [0, 0.05) is 41.8 Å². The maximum Gasteiger partial charge on any atom is 0.211 e. The smallest absolute Gasteiger partial charge is 0.211 e. The maximum absolute atomic E-state index is 12.3. The largest absolute Gasteiger partial charge is 0.378 e. The Labute approximate surface area is 140 Å². The van der Waals surface area contributed by atoms with Gasteiger partial charge < -0.3 is 4.90 Å². The van der Waals surface area contributed by atoms with Crippen molar-refractivity contribution in [3.8, 4) is 0 Å². The molecule has 0 aromatic heterocycles. The molecule has 0 aliphatic carbocycles. The van der Waals surface area contributed by atoms with Crippen LogP contribution in [-0.4, -0.2) is 43.4 Å². The third kappa shape index (κ3) is 4.96. The first-order valence-electron chi connectivity index (χ1n) is 7.45. The second kappa shape index (κ2) is 7.97. The van der Waals surface area contributed by atoms with Gasteiger partial charge in [0.05, 0.1) is 6.26 Å². The maximum atomic E-state index is 12.3. The second-order valence-corrected chi connectivity index (χ2v) is 7.86. The van der Waals surface area contributed by atoms with Gasteiger partial charge >= 0.3 is 0 Å². The van der Waals surface area contributed by atoms with E-state index in [4.69, 9.17) is 0 Å². The molecule has 2 aromatic rings. The van der Waals surface area contributed by atoms with Gasteiger partial charge in [0.1, 0.15) is 0 Å². The van der Waals surface area contributed by atoms with Crippen LogP contribution in [0, 0.1) is 0 Å². The summed E-state index contributed by atoms with van der Waals surface area (Å²) in [5.41, 5.74) is 2.49. The van der Waals surface area contributed by atoms with Crippen molar-refractivity contribution in [3.05, 3.63) is 65.7 Å². The van der Waals surface area contributed by atoms with E-state index in [1.54, 1.807) is 0 Å². The number of carbonyl (C=O) groups is 2. The van der Waals surface area contributed by atoms with Crippen LogP contribution in [0.3, 0.4) is 0 Å². The molecule has 4 heteroatoms. The van der Waals surface area contributed by atoms with E-state index in [0.717, 1.165) is 11.3 Å². The number of Topliss-reactive ketones (excluding diaryl/α,β-unsaturated/α-hetero) is 2. The van der Waals surface area contributed by atoms with E-state index in [1.807, 2.05) is 79.8 Å². The fourth-order valence-corrected chi connectivity index (χ4v) is 3.57. The predicted octanol–water partition coefficient (Wildman–Crippen LogP) is 3.07. The van der Waals surface area contributed by atoms with Crippen molar-refractivity contribution in [2.24, 2.45) is 0 Å². The number of benzene rings is 2. The van der Waals surface area contributed by atoms with Crippen molar-refractivity contribution in [2.75, 3.05) is 36.8 Å². The lowest BCUT2D eigenvalue weighted by atomic mass is 10.1. The highest BCUT2D eigenvalue weighted by Crippen LogP contribution is 2.13. The molecule has 0 heterocycles. The van der Waals surface area contributed by atoms with Crippen LogP contribution in [0.5, 0.6) is 0 Å². The summed E-state index contributed by atoms with van der Waals surface area (Å²) in [5, 5.41) is 0. The van der Waals surface area contributed by atoms with Crippen LogP contribution < -0.4 is 4.90 Å². The predicted molar refractivity (Wildman–Crippen MR) is 98.9 cm³/mol. The van der Waals surface area contributed by atoms with Gasteiger partial charge in [0.2, 0.25) is 11.6 Å². The topological polar surface area (TPSA) is 37.4 Å². The number of hydrogen-bond acceptors (Lipinski definition) is 3. The Hall–Kier alpha value is -2.07. The summed E-state index contributed by atoms with van der Waals surface area (Å²) in [6.45, 7) is 0. The molecular formula is C19H22NO2S+. The Kier molecular flexibility index (Phi) is 5.99. The van der Waals surface area contributed by atoms with Crippen LogP contribution in [-0.2, 0) is 10.9 Å². The number of hydrogen-bond donors (Lipinski definition) is 0. The highest BCUT2D eigenvalue weighted by Gasteiger charge is 2.22. The van der Waals surface area contributed by atoms with Crippen LogP contribution >= 0.6 is 0 Å². The quantitative estimate of drug-likeness (QED) is 0.579. The van der Waals surface area contributed by atoms with Gasteiger partial charge in [-0.2, -0.15) is 0 Å². The third-order valence-electron chi connectivity index (χ3n) is 3.56. The summed E-state index contributed by atoms with van der Waals surface area (Å²) >= 11 is 0. The molecule has 0 bridgehead atoms. The lowest BCUT2D eigenvalue weighted by Gasteiger charge is -2.12. The summed E-state index contributed by atoms with van der Waals surface area (Å²) in [5.74, 6) is 1.04. The molecule has 3 nitrogen and oxygen atoms in total. The highest BCUT2D eigenvalue weighted by atomic mass is 32.2. The van der Waals surface area contributed by atoms with E-state index in [2.05, 4.69) is 0 Å². The van der Waals surface area contributed by atoms with Crippen molar-refractivity contribution in [1.29, 1.82) is 0 Å². The van der Waals surface area contributed by atoms with Crippen LogP contribution in [0.1, 0.15) is 20.7 Å². The molecule has 0 aliphatic heterocycles. The fourth-order valence-electron chi connectivity index (χ4n) is 2.23. The van der Waals surface area contributed by atoms with Crippen LogP contribution in [0.4, 0.5) is 5.69 Å². The van der Waals surface area contributed by atoms with Gasteiger partial charge in [-0.1, -0.05) is 30.3 Å². The van der Waals surface area contributed by atoms with E-state index in [0.29, 0.717) is 17.1 Å². The normalized spacial score (nSPS) is 11.8. The molecule has 23 heavy (non-hydrogen) atoms. The Bertz CT molecular complexity index is 666. The third-order valence-corrected chi connectivity index (χ3v) is 5.07. The van der Waals surface area contributed by atoms with Crippen molar-refractivity contribution >= 4 is 28.1 Å². The second-order valence-electron chi connectivity index (χ2n) is 5.72. The summed E-state index contributed by atoms with van der Waals surface area (Å²) in [7, 11) is 3.68. The number of nitrogens with zero attached hydrogens (tertiary/aromatic N) is 1. The summed E-state index contributed by atoms with van der Waals surface area (Å²) in [4.78, 5) is 26.5. The average molecular weight is 328 g/mol. The van der Waals surface area contributed by atoms with E-state index in [1.165, 1.54) is 0 Å². The molecule has 2 aromatic carbocycles. The first kappa shape index (κ1) is 17.3. The minimum absolute atomic E-state index is 0.0991. The minimum atomic E-state index is -0.255. The van der Waals surface area contributed by atoms with Crippen molar-refractivity contribution in [2.45, 2.75) is 0 Å². The van der Waals surface area contributed by atoms with E-state index in [9.17, 15) is 9.59 Å². The molecule has 1 atom stereocenters. The van der Waals surface area contributed by atoms with Crippen LogP contribution in [0.2, 0.25) is 0 Å². The Morgan fingerprint density at radius 1 is 0.826 bits per heavy atom. The Morgan fingerprint density at radius 3 is 1.78 bits per heavy atom. The lowest BCUT2D eigenvalue weighted by Crippen LogP contribution is -2.23. The molecule has 0 radical (unpaired) electrons. The number of carbonyl (C=O) groups excluding carboxylic acids is 2. The van der Waals surface area contributed by atoms with Gasteiger partial charge in [-0.25, -0.2) is 0 Å². The van der Waals surface area contributed by atoms with E-state index >= 15 is 0 Å². The molecule has 0 saturated heterocycles. The molecule has 2 rings (SSSR count).